The van der Waals surface area contributed by atoms with Crippen LogP contribution in [0, 0.1) is 0 Å². The molecule has 0 rings (SSSR count). The zero-order valence-electron chi connectivity index (χ0n) is 74.3. The van der Waals surface area contributed by atoms with Crippen LogP contribution in [0.3, 0.4) is 0 Å². The third-order valence-corrected chi connectivity index (χ3v) is 23.5. The summed E-state index contributed by atoms with van der Waals surface area (Å²) in [5.41, 5.74) is 0. The molecule has 0 aliphatic rings. The van der Waals surface area contributed by atoms with Crippen LogP contribution < -0.4 is 21.3 Å². The molecular formula is C91H174N4O18P2. The largest absolute Gasteiger partial charge is 0.475 e. The van der Waals surface area contributed by atoms with Gasteiger partial charge in [0, 0.05) is 51.6 Å². The highest BCUT2D eigenvalue weighted by molar-refractivity contribution is 7.48. The number of hydrogen-bond acceptors (Lipinski definition) is 18. The van der Waals surface area contributed by atoms with Crippen LogP contribution in [0.2, 0.25) is 0 Å². The molecule has 0 aliphatic heterocycles. The highest BCUT2D eigenvalue weighted by Gasteiger charge is 2.31. The molecule has 0 saturated carbocycles. The molecule has 0 spiro atoms. The third kappa shape index (κ3) is 76.3. The van der Waals surface area contributed by atoms with Gasteiger partial charge in [-0.1, -0.05) is 336 Å². The molecule has 115 heavy (non-hydrogen) atoms. The molecule has 6 atom stereocenters. The lowest BCUT2D eigenvalue weighted by atomic mass is 10.1. The summed E-state index contributed by atoms with van der Waals surface area (Å²) in [5.74, 6) is -2.14. The van der Waals surface area contributed by atoms with Crippen LogP contribution >= 0.6 is 15.6 Å². The fourth-order valence-corrected chi connectivity index (χ4v) is 16.0. The first-order valence-electron chi connectivity index (χ1n) is 47.0. The van der Waals surface area contributed by atoms with Crippen LogP contribution in [0.5, 0.6) is 0 Å². The van der Waals surface area contributed by atoms with Crippen LogP contribution in [0.25, 0.3) is 0 Å². The van der Waals surface area contributed by atoms with E-state index in [0.717, 1.165) is 154 Å². The number of esters is 2. The summed E-state index contributed by atoms with van der Waals surface area (Å²) in [7, 11) is -8.69. The molecule has 0 aromatic carbocycles. The van der Waals surface area contributed by atoms with Crippen LogP contribution in [0.1, 0.15) is 420 Å². The van der Waals surface area contributed by atoms with E-state index in [0.29, 0.717) is 51.4 Å². The van der Waals surface area contributed by atoms with Crippen molar-refractivity contribution in [3.63, 3.8) is 0 Å². The topological polar surface area (TPSA) is 277 Å². The molecule has 22 nitrogen and oxygen atoms in total. The lowest BCUT2D eigenvalue weighted by Gasteiger charge is -2.23. The molecule has 4 amide bonds. The number of nitrogens with one attached hydrogen (secondary N) is 4. The number of carbonyl (C=O) groups is 6. The minimum absolute atomic E-state index is 0.00135. The first kappa shape index (κ1) is 111. The van der Waals surface area contributed by atoms with Gasteiger partial charge >= 0.3 is 27.6 Å². The average molecular weight is 1670 g/mol. The highest BCUT2D eigenvalue weighted by atomic mass is 31.2. The van der Waals surface area contributed by atoms with Crippen LogP contribution in [-0.4, -0.2) is 139 Å². The molecule has 24 heteroatoms. The molecule has 0 aromatic heterocycles. The first-order chi connectivity index (χ1) is 56.0. The van der Waals surface area contributed by atoms with Crippen molar-refractivity contribution < 1.29 is 84.0 Å². The normalized spacial score (nSPS) is 13.6. The Labute approximate surface area is 702 Å². The van der Waals surface area contributed by atoms with E-state index in [1.54, 1.807) is 0 Å². The predicted octanol–water partition coefficient (Wildman–Crippen LogP) is 23.9. The number of amides is 4. The number of hydrogen-bond donors (Lipinski definition) is 4. The van der Waals surface area contributed by atoms with Gasteiger partial charge in [0.15, 0.2) is 0 Å². The molecule has 0 heterocycles. The van der Waals surface area contributed by atoms with Crippen LogP contribution in [0.4, 0.5) is 0 Å². The van der Waals surface area contributed by atoms with E-state index in [9.17, 15) is 37.9 Å². The molecule has 3 unspecified atom stereocenters. The fraction of sp³-hybridized carbons (Fsp3) is 0.890. The summed E-state index contributed by atoms with van der Waals surface area (Å²) in [6.07, 6.45) is 62.2. The number of phosphoric acid groups is 2. The Kier molecular flexibility index (Phi) is 81.5. The standard InChI is InChI=1S/C91H174N4O18P2/c1-9-17-23-29-33-37-39-43-45-51-57-63-86(96)94-82(78-104-73-67-84(61-55-49-27-21-13-5)112-90(100)65-59-53-47-41-35-31-25-19-11-3)80-110-114(102,106-71-15-7)108-75-69-92-88(98)77-89(99)93-70-76-109-115(103,107-72-16-8)111-81-83(95-87(97)64-58-52-46-44-40-38-34-30-24-18-10-2)79-105-74-68-85(62-56-50-28-22-14-6)113-91(101)66-60-54-48-42-36-32-26-20-12-4/h15-16,82-85H,7-14,17-81H2,1-6H3,(H,92,98)(H,93,99)(H,94,96)(H,95,97)/t82-,83+,84-,85?,114?,115?/m1/s1. The van der Waals surface area contributed by atoms with Crippen molar-refractivity contribution >= 4 is 51.2 Å². The number of ether oxygens (including phenoxy) is 4. The second-order valence-corrected chi connectivity index (χ2v) is 35.1. The van der Waals surface area contributed by atoms with Gasteiger partial charge in [-0.2, -0.15) is 0 Å². The number of unbranched alkanes of at least 4 members (excludes halogenated alkanes) is 44. The van der Waals surface area contributed by atoms with Gasteiger partial charge in [-0.05, 0) is 51.4 Å². The van der Waals surface area contributed by atoms with Gasteiger partial charge in [0.2, 0.25) is 23.6 Å². The molecule has 0 radical (unpaired) electrons. The Morgan fingerprint density at radius 3 is 0.835 bits per heavy atom. The molecule has 4 N–H and O–H groups in total. The smallest absolute Gasteiger partial charge is 0.462 e. The molecular weight excluding hydrogens is 1500 g/mol. The molecule has 676 valence electrons. The fourth-order valence-electron chi connectivity index (χ4n) is 13.6. The van der Waals surface area contributed by atoms with Crippen molar-refractivity contribution in [2.75, 3.05) is 79.2 Å². The zero-order chi connectivity index (χ0) is 84.3. The van der Waals surface area contributed by atoms with Crippen molar-refractivity contribution in [1.29, 1.82) is 0 Å². The minimum Gasteiger partial charge on any atom is -0.462 e. The molecule has 0 aromatic rings. The summed E-state index contributed by atoms with van der Waals surface area (Å²) in [4.78, 5) is 79.4. The van der Waals surface area contributed by atoms with E-state index in [1.165, 1.54) is 179 Å². The Morgan fingerprint density at radius 1 is 0.296 bits per heavy atom. The molecule has 0 bridgehead atoms. The quantitative estimate of drug-likeness (QED) is 0.0145. The lowest BCUT2D eigenvalue weighted by Crippen LogP contribution is -2.41. The molecule has 0 saturated heterocycles. The zero-order valence-corrected chi connectivity index (χ0v) is 76.1. The summed E-state index contributed by atoms with van der Waals surface area (Å²) >= 11 is 0. The average Bonchev–Trinajstić information content (AvgIpc) is 0.888. The lowest BCUT2D eigenvalue weighted by molar-refractivity contribution is -0.151. The van der Waals surface area contributed by atoms with E-state index < -0.39 is 46.0 Å². The predicted molar refractivity (Wildman–Crippen MR) is 469 cm³/mol. The van der Waals surface area contributed by atoms with Crippen molar-refractivity contribution in [3.05, 3.63) is 25.3 Å². The van der Waals surface area contributed by atoms with Crippen molar-refractivity contribution in [1.82, 2.24) is 21.3 Å². The second kappa shape index (κ2) is 84.1. The number of carbonyl (C=O) groups excluding carboxylic acids is 6. The Balaban J connectivity index is 5.92. The van der Waals surface area contributed by atoms with Gasteiger partial charge < -0.3 is 40.2 Å². The Morgan fingerprint density at radius 2 is 0.557 bits per heavy atom. The van der Waals surface area contributed by atoms with Crippen LogP contribution in [-0.2, 0) is 84.0 Å². The van der Waals surface area contributed by atoms with E-state index in [2.05, 4.69) is 76.0 Å². The Bertz CT molecular complexity index is 2240. The first-order valence-corrected chi connectivity index (χ1v) is 49.9. The maximum atomic E-state index is 14.2. The summed E-state index contributed by atoms with van der Waals surface area (Å²) < 4.78 is 87.0. The third-order valence-electron chi connectivity index (χ3n) is 20.6. The second-order valence-electron chi connectivity index (χ2n) is 31.8. The monoisotopic (exact) mass is 1670 g/mol. The number of rotatable bonds is 92. The van der Waals surface area contributed by atoms with Crippen LogP contribution in [0.15, 0.2) is 25.3 Å². The van der Waals surface area contributed by atoms with E-state index >= 15 is 0 Å². The maximum Gasteiger partial charge on any atom is 0.475 e. The molecule has 0 fully saturated rings. The summed E-state index contributed by atoms with van der Waals surface area (Å²) in [5, 5.41) is 11.2. The van der Waals surface area contributed by atoms with Gasteiger partial charge in [0.25, 0.3) is 0 Å². The van der Waals surface area contributed by atoms with Gasteiger partial charge in [0.1, 0.15) is 18.6 Å². The maximum absolute atomic E-state index is 14.2. The molecule has 0 aliphatic carbocycles. The minimum atomic E-state index is -4.35. The van der Waals surface area contributed by atoms with Crippen molar-refractivity contribution in [2.45, 2.75) is 445 Å². The summed E-state index contributed by atoms with van der Waals surface area (Å²) in [6, 6.07) is -1.52. The van der Waals surface area contributed by atoms with Crippen molar-refractivity contribution in [3.8, 4) is 0 Å². The van der Waals surface area contributed by atoms with Crippen molar-refractivity contribution in [2.24, 2.45) is 0 Å². The summed E-state index contributed by atoms with van der Waals surface area (Å²) in [6.45, 7) is 19.1. The van der Waals surface area contributed by atoms with Gasteiger partial charge in [-0.3, -0.25) is 55.9 Å². The van der Waals surface area contributed by atoms with Gasteiger partial charge in [-0.25, -0.2) is 9.13 Å². The number of phosphoric ester groups is 2. The van der Waals surface area contributed by atoms with E-state index in [1.807, 2.05) is 0 Å². The Hall–Kier alpha value is -3.56. The van der Waals surface area contributed by atoms with E-state index in [4.69, 9.17) is 46.1 Å². The van der Waals surface area contributed by atoms with Gasteiger partial charge in [0.05, 0.1) is 78.2 Å². The SMILES string of the molecule is C=CCOP(=O)(OCCNC(=O)CC(=O)NCCOP(=O)(OCC=C)OC[C@H](COCCC(CCCCCCC)OC(=O)CCCCCCCCCCC)NC(=O)CCCCCCCCCCCCC)OC[C@@H](COCC[C@@H](CCCCCCC)OC(=O)CCCCCCCCCCC)NC(=O)CCCCCCCCCCCCC. The van der Waals surface area contributed by atoms with E-state index in [-0.39, 0.29) is 115 Å². The highest BCUT2D eigenvalue weighted by Crippen LogP contribution is 2.50. The van der Waals surface area contributed by atoms with Gasteiger partial charge in [-0.15, -0.1) is 13.2 Å².